The zero-order valence-corrected chi connectivity index (χ0v) is 27.4. The van der Waals surface area contributed by atoms with E-state index >= 15 is 0 Å². The molecule has 2 aromatic carbocycles. The van der Waals surface area contributed by atoms with Gasteiger partial charge in [0.25, 0.3) is 0 Å². The second-order valence-electron chi connectivity index (χ2n) is 11.5. The van der Waals surface area contributed by atoms with Crippen LogP contribution in [0, 0.1) is 5.92 Å². The number of benzene rings is 2. The number of esters is 1. The Bertz CT molecular complexity index is 1220. The lowest BCUT2D eigenvalue weighted by Gasteiger charge is -2.23. The molecule has 3 unspecified atom stereocenters. The Kier molecular flexibility index (Phi) is 19.6. The predicted octanol–water partition coefficient (Wildman–Crippen LogP) is 5.16. The Morgan fingerprint density at radius 2 is 1.51 bits per heavy atom. The number of rotatable bonds is 24. The SMILES string of the molecule is C=CCCCCC(=O)OCC(CCCCNC(=O)OCc1ccccc1)NC(=O)C(CC=C)CC(=O)NC(CO)Cc1ccccc1. The largest absolute Gasteiger partial charge is 0.463 e. The Balaban J connectivity index is 1.89. The molecule has 0 spiro atoms. The Morgan fingerprint density at radius 1 is 0.809 bits per heavy atom. The zero-order chi connectivity index (χ0) is 34.1. The number of alkyl carbamates (subject to hydrolysis) is 1. The molecule has 2 aromatic rings. The normalized spacial score (nSPS) is 12.5. The van der Waals surface area contributed by atoms with Gasteiger partial charge in [-0.05, 0) is 62.5 Å². The molecular weight excluding hydrogens is 598 g/mol. The van der Waals surface area contributed by atoms with Crippen LogP contribution in [-0.2, 0) is 36.9 Å². The van der Waals surface area contributed by atoms with Gasteiger partial charge in [0.1, 0.15) is 13.2 Å². The van der Waals surface area contributed by atoms with E-state index in [2.05, 4.69) is 29.1 Å². The van der Waals surface area contributed by atoms with E-state index in [1.54, 1.807) is 6.08 Å². The first kappa shape index (κ1) is 38.7. The van der Waals surface area contributed by atoms with Crippen molar-refractivity contribution in [2.24, 2.45) is 5.92 Å². The third-order valence-electron chi connectivity index (χ3n) is 7.46. The van der Waals surface area contributed by atoms with Gasteiger partial charge in [0.2, 0.25) is 11.8 Å². The van der Waals surface area contributed by atoms with Crippen molar-refractivity contribution in [1.29, 1.82) is 0 Å². The lowest BCUT2D eigenvalue weighted by atomic mass is 9.98. The maximum Gasteiger partial charge on any atom is 0.407 e. The van der Waals surface area contributed by atoms with E-state index < -0.39 is 24.1 Å². The molecule has 256 valence electrons. The van der Waals surface area contributed by atoms with Gasteiger partial charge in [0, 0.05) is 19.4 Å². The monoisotopic (exact) mass is 649 g/mol. The lowest BCUT2D eigenvalue weighted by Crippen LogP contribution is -2.45. The van der Waals surface area contributed by atoms with Crippen molar-refractivity contribution in [2.45, 2.75) is 82.9 Å². The molecule has 0 aliphatic carbocycles. The molecule has 10 heteroatoms. The molecular formula is C37H51N3O7. The van der Waals surface area contributed by atoms with Gasteiger partial charge in [-0.1, -0.05) is 72.8 Å². The molecule has 4 N–H and O–H groups in total. The van der Waals surface area contributed by atoms with Crippen LogP contribution in [-0.4, -0.2) is 60.8 Å². The summed E-state index contributed by atoms with van der Waals surface area (Å²) in [4.78, 5) is 50.7. The molecule has 3 atom stereocenters. The summed E-state index contributed by atoms with van der Waals surface area (Å²) in [6.07, 6.45) is 7.89. The van der Waals surface area contributed by atoms with Crippen LogP contribution < -0.4 is 16.0 Å². The third kappa shape index (κ3) is 17.7. The van der Waals surface area contributed by atoms with Gasteiger partial charge < -0.3 is 30.5 Å². The number of unbranched alkanes of at least 4 members (excludes halogenated alkanes) is 3. The second kappa shape index (κ2) is 23.8. The Labute approximate surface area is 279 Å². The molecule has 0 heterocycles. The van der Waals surface area contributed by atoms with E-state index in [-0.39, 0.29) is 56.9 Å². The van der Waals surface area contributed by atoms with Crippen LogP contribution in [0.15, 0.2) is 86.0 Å². The first-order chi connectivity index (χ1) is 22.8. The van der Waals surface area contributed by atoms with Gasteiger partial charge in [0.05, 0.1) is 24.6 Å². The average Bonchev–Trinajstić information content (AvgIpc) is 3.08. The summed E-state index contributed by atoms with van der Waals surface area (Å²) in [7, 11) is 0. The van der Waals surface area contributed by atoms with Crippen molar-refractivity contribution in [1.82, 2.24) is 16.0 Å². The summed E-state index contributed by atoms with van der Waals surface area (Å²) in [6.45, 7) is 7.75. The topological polar surface area (TPSA) is 143 Å². The fraction of sp³-hybridized carbons (Fsp3) is 0.459. The molecule has 0 saturated carbocycles. The van der Waals surface area contributed by atoms with Crippen molar-refractivity contribution < 1.29 is 33.8 Å². The van der Waals surface area contributed by atoms with Crippen LogP contribution in [0.4, 0.5) is 4.79 Å². The maximum absolute atomic E-state index is 13.4. The zero-order valence-electron chi connectivity index (χ0n) is 27.4. The molecule has 0 saturated heterocycles. The number of carbonyl (C=O) groups is 4. The van der Waals surface area contributed by atoms with Crippen molar-refractivity contribution in [2.75, 3.05) is 19.8 Å². The number of ether oxygens (including phenoxy) is 2. The van der Waals surface area contributed by atoms with Crippen molar-refractivity contribution >= 4 is 23.9 Å². The summed E-state index contributed by atoms with van der Waals surface area (Å²) >= 11 is 0. The highest BCUT2D eigenvalue weighted by atomic mass is 16.5. The quantitative estimate of drug-likeness (QED) is 0.0699. The molecule has 3 amide bonds. The minimum absolute atomic E-state index is 0.00472. The fourth-order valence-electron chi connectivity index (χ4n) is 4.87. The maximum atomic E-state index is 13.4. The number of hydrogen-bond donors (Lipinski definition) is 4. The molecule has 0 aliphatic heterocycles. The second-order valence-corrected chi connectivity index (χ2v) is 11.5. The minimum Gasteiger partial charge on any atom is -0.463 e. The van der Waals surface area contributed by atoms with E-state index in [4.69, 9.17) is 9.47 Å². The summed E-state index contributed by atoms with van der Waals surface area (Å²) in [6, 6.07) is 17.9. The van der Waals surface area contributed by atoms with E-state index in [0.29, 0.717) is 38.6 Å². The minimum atomic E-state index is -0.693. The van der Waals surface area contributed by atoms with E-state index in [1.165, 1.54) is 0 Å². The highest BCUT2D eigenvalue weighted by Gasteiger charge is 2.25. The molecule has 0 aromatic heterocycles. The summed E-state index contributed by atoms with van der Waals surface area (Å²) in [5.74, 6) is -1.73. The average molecular weight is 650 g/mol. The van der Waals surface area contributed by atoms with E-state index in [0.717, 1.165) is 24.0 Å². The van der Waals surface area contributed by atoms with Gasteiger partial charge in [-0.3, -0.25) is 14.4 Å². The fourth-order valence-corrected chi connectivity index (χ4v) is 4.87. The van der Waals surface area contributed by atoms with Crippen LogP contribution in [0.1, 0.15) is 68.9 Å². The first-order valence-electron chi connectivity index (χ1n) is 16.4. The van der Waals surface area contributed by atoms with Gasteiger partial charge in [-0.25, -0.2) is 4.79 Å². The molecule has 47 heavy (non-hydrogen) atoms. The number of hydrogen-bond acceptors (Lipinski definition) is 7. The van der Waals surface area contributed by atoms with Gasteiger partial charge in [0.15, 0.2) is 0 Å². The van der Waals surface area contributed by atoms with Gasteiger partial charge >= 0.3 is 12.1 Å². The van der Waals surface area contributed by atoms with Gasteiger partial charge in [-0.2, -0.15) is 0 Å². The summed E-state index contributed by atoms with van der Waals surface area (Å²) in [5, 5.41) is 18.4. The number of aliphatic hydroxyl groups excluding tert-OH is 1. The van der Waals surface area contributed by atoms with Crippen LogP contribution in [0.25, 0.3) is 0 Å². The lowest BCUT2D eigenvalue weighted by molar-refractivity contribution is -0.145. The van der Waals surface area contributed by atoms with Crippen molar-refractivity contribution in [3.05, 3.63) is 97.1 Å². The highest BCUT2D eigenvalue weighted by molar-refractivity contribution is 5.86. The molecule has 10 nitrogen and oxygen atoms in total. The molecule has 2 rings (SSSR count). The van der Waals surface area contributed by atoms with Crippen LogP contribution in [0.2, 0.25) is 0 Å². The van der Waals surface area contributed by atoms with E-state index in [1.807, 2.05) is 66.7 Å². The summed E-state index contributed by atoms with van der Waals surface area (Å²) in [5.41, 5.74) is 1.87. The van der Waals surface area contributed by atoms with E-state index in [9.17, 15) is 24.3 Å². The molecule has 0 radical (unpaired) electrons. The smallest absolute Gasteiger partial charge is 0.407 e. The number of amides is 3. The molecule has 0 aliphatic rings. The third-order valence-corrected chi connectivity index (χ3v) is 7.46. The van der Waals surface area contributed by atoms with Crippen LogP contribution in [0.5, 0.6) is 0 Å². The first-order valence-corrected chi connectivity index (χ1v) is 16.4. The highest BCUT2D eigenvalue weighted by Crippen LogP contribution is 2.13. The number of allylic oxidation sites excluding steroid dienone is 2. The Morgan fingerprint density at radius 3 is 2.17 bits per heavy atom. The number of carbonyl (C=O) groups excluding carboxylic acids is 4. The number of nitrogens with one attached hydrogen (secondary N) is 3. The summed E-state index contributed by atoms with van der Waals surface area (Å²) < 4.78 is 10.7. The van der Waals surface area contributed by atoms with Crippen LogP contribution >= 0.6 is 0 Å². The van der Waals surface area contributed by atoms with Crippen molar-refractivity contribution in [3.8, 4) is 0 Å². The molecule has 0 bridgehead atoms. The molecule has 0 fully saturated rings. The predicted molar refractivity (Wildman–Crippen MR) is 182 cm³/mol. The van der Waals surface area contributed by atoms with Crippen LogP contribution in [0.3, 0.4) is 0 Å². The van der Waals surface area contributed by atoms with Gasteiger partial charge in [-0.15, -0.1) is 13.2 Å². The number of aliphatic hydroxyl groups is 1. The van der Waals surface area contributed by atoms with Crippen molar-refractivity contribution in [3.63, 3.8) is 0 Å². The Hall–Kier alpha value is -4.44. The standard InChI is InChI=1S/C37H51N3O7/c1-3-5-6-13-22-35(43)46-28-32(21-14-15-23-38-37(45)47-27-30-19-11-8-12-20-30)40-36(44)31(16-4-2)25-34(42)39-33(26-41)24-29-17-9-7-10-18-29/h3-4,7-12,17-20,31-33,41H,1-2,5-6,13-16,21-28H2,(H,38,45)(H,39,42)(H,40,44).